The number of benzene rings is 2. The van der Waals surface area contributed by atoms with Crippen molar-refractivity contribution in [1.82, 2.24) is 9.88 Å². The normalized spacial score (nSPS) is 16.9. The molecule has 1 saturated heterocycles. The molecule has 3 heterocycles. The van der Waals surface area contributed by atoms with Gasteiger partial charge in [0.2, 0.25) is 0 Å². The number of hydrogen-bond donors (Lipinski definition) is 2. The fourth-order valence-electron chi connectivity index (χ4n) is 4.15. The van der Waals surface area contributed by atoms with Gasteiger partial charge >= 0.3 is 0 Å². The summed E-state index contributed by atoms with van der Waals surface area (Å²) in [5, 5.41) is 7.73. The van der Waals surface area contributed by atoms with E-state index in [-0.39, 0.29) is 35.7 Å². The van der Waals surface area contributed by atoms with Crippen LogP contribution in [0.3, 0.4) is 0 Å². The van der Waals surface area contributed by atoms with Gasteiger partial charge in [0.1, 0.15) is 22.3 Å². The first-order valence-corrected chi connectivity index (χ1v) is 12.6. The summed E-state index contributed by atoms with van der Waals surface area (Å²) in [6, 6.07) is 7.78. The molecular formula is C24H20BrFN4O4S. The lowest BCUT2D eigenvalue weighted by molar-refractivity contribution is -0.118. The molecule has 2 aliphatic heterocycles. The number of ether oxygens (including phenoxy) is 1. The van der Waals surface area contributed by atoms with Gasteiger partial charge < -0.3 is 20.3 Å². The third-order valence-corrected chi connectivity index (χ3v) is 7.78. The van der Waals surface area contributed by atoms with E-state index in [1.807, 2.05) is 0 Å². The minimum atomic E-state index is -0.541. The summed E-state index contributed by atoms with van der Waals surface area (Å²) in [6.45, 7) is 2.06. The number of fused-ring (bicyclic) bond motifs is 1. The Morgan fingerprint density at radius 2 is 2.14 bits per heavy atom. The third-order valence-electron chi connectivity index (χ3n) is 5.97. The van der Waals surface area contributed by atoms with Crippen molar-refractivity contribution in [2.75, 3.05) is 23.8 Å². The molecule has 0 bridgehead atoms. The average molecular weight is 559 g/mol. The molecule has 0 radical (unpaired) electrons. The average Bonchev–Trinajstić information content (AvgIpc) is 3.52. The second-order valence-corrected chi connectivity index (χ2v) is 10.0. The molecule has 2 aromatic carbocycles. The summed E-state index contributed by atoms with van der Waals surface area (Å²) in [5.74, 6) is -1.08. The molecule has 1 fully saturated rings. The molecule has 8 nitrogen and oxygen atoms in total. The molecule has 2 N–H and O–H groups in total. The highest BCUT2D eigenvalue weighted by molar-refractivity contribution is 9.10. The number of rotatable bonds is 4. The zero-order valence-corrected chi connectivity index (χ0v) is 21.0. The number of likely N-dealkylation sites (tertiary alicyclic amines) is 1. The van der Waals surface area contributed by atoms with E-state index in [0.29, 0.717) is 45.1 Å². The number of nitrogens with one attached hydrogen (secondary N) is 2. The summed E-state index contributed by atoms with van der Waals surface area (Å²) in [7, 11) is 0. The van der Waals surface area contributed by atoms with E-state index in [0.717, 1.165) is 6.42 Å². The maximum atomic E-state index is 14.8. The third kappa shape index (κ3) is 4.53. The monoisotopic (exact) mass is 558 g/mol. The summed E-state index contributed by atoms with van der Waals surface area (Å²) in [6.07, 6.45) is 1.44. The molecule has 2 aliphatic rings. The van der Waals surface area contributed by atoms with Crippen LogP contribution in [0.1, 0.15) is 50.3 Å². The van der Waals surface area contributed by atoms with Crippen molar-refractivity contribution >= 4 is 56.4 Å². The van der Waals surface area contributed by atoms with Gasteiger partial charge in [-0.05, 0) is 55.7 Å². The summed E-state index contributed by atoms with van der Waals surface area (Å²) in [4.78, 5) is 43.6. The van der Waals surface area contributed by atoms with Gasteiger partial charge in [0.05, 0.1) is 17.3 Å². The Labute approximate surface area is 212 Å². The van der Waals surface area contributed by atoms with Gasteiger partial charge in [0.15, 0.2) is 6.61 Å². The molecule has 0 aliphatic carbocycles. The lowest BCUT2D eigenvalue weighted by atomic mass is 10.1. The van der Waals surface area contributed by atoms with E-state index in [2.05, 4.69) is 31.5 Å². The van der Waals surface area contributed by atoms with Crippen molar-refractivity contribution in [1.29, 1.82) is 0 Å². The molecule has 1 unspecified atom stereocenters. The van der Waals surface area contributed by atoms with Crippen LogP contribution in [-0.2, 0) is 4.79 Å². The second kappa shape index (κ2) is 9.38. The molecule has 180 valence electrons. The first kappa shape index (κ1) is 23.4. The van der Waals surface area contributed by atoms with E-state index >= 15 is 0 Å². The lowest BCUT2D eigenvalue weighted by Crippen LogP contribution is -2.31. The molecule has 1 aromatic heterocycles. The van der Waals surface area contributed by atoms with Crippen molar-refractivity contribution < 1.29 is 23.5 Å². The Balaban J connectivity index is 1.32. The van der Waals surface area contributed by atoms with Crippen molar-refractivity contribution in [3.8, 4) is 5.75 Å². The Hall–Kier alpha value is -3.31. The summed E-state index contributed by atoms with van der Waals surface area (Å²) >= 11 is 4.58. The molecule has 5 rings (SSSR count). The molecule has 3 amide bonds. The van der Waals surface area contributed by atoms with Crippen molar-refractivity contribution in [2.45, 2.75) is 25.8 Å². The maximum Gasteiger partial charge on any atom is 0.275 e. The van der Waals surface area contributed by atoms with Crippen molar-refractivity contribution in [3.63, 3.8) is 0 Å². The highest BCUT2D eigenvalue weighted by Crippen LogP contribution is 2.36. The van der Waals surface area contributed by atoms with Crippen LogP contribution in [0.2, 0.25) is 0 Å². The van der Waals surface area contributed by atoms with Crippen LogP contribution in [0.25, 0.3) is 0 Å². The van der Waals surface area contributed by atoms with E-state index in [4.69, 9.17) is 4.74 Å². The van der Waals surface area contributed by atoms with E-state index in [1.165, 1.54) is 17.4 Å². The van der Waals surface area contributed by atoms with Gasteiger partial charge in [-0.25, -0.2) is 9.37 Å². The zero-order chi connectivity index (χ0) is 24.7. The molecular weight excluding hydrogens is 539 g/mol. The quantitative estimate of drug-likeness (QED) is 0.473. The first-order valence-electron chi connectivity index (χ1n) is 10.9. The minimum absolute atomic E-state index is 0.0237. The van der Waals surface area contributed by atoms with Gasteiger partial charge in [-0.2, -0.15) is 0 Å². The zero-order valence-electron chi connectivity index (χ0n) is 18.6. The fraction of sp³-hybridized carbons (Fsp3) is 0.250. The number of carbonyl (C=O) groups is 3. The minimum Gasteiger partial charge on any atom is -0.482 e. The molecule has 1 atom stereocenters. The van der Waals surface area contributed by atoms with Gasteiger partial charge in [-0.1, -0.05) is 15.9 Å². The van der Waals surface area contributed by atoms with Crippen LogP contribution in [0.4, 0.5) is 15.8 Å². The van der Waals surface area contributed by atoms with Gasteiger partial charge in [0, 0.05) is 22.1 Å². The van der Waals surface area contributed by atoms with Gasteiger partial charge in [0.25, 0.3) is 17.7 Å². The van der Waals surface area contributed by atoms with Crippen molar-refractivity contribution in [2.24, 2.45) is 0 Å². The molecule has 0 saturated carbocycles. The topological polar surface area (TPSA) is 101 Å². The van der Waals surface area contributed by atoms with E-state index in [9.17, 15) is 18.8 Å². The Kier molecular flexibility index (Phi) is 6.28. The SMILES string of the molecule is Cc1c(Br)ccc(C(=O)N2CCCC2c2nc(C(=O)Nc3ccc4c(c3)NC(=O)CO4)cs2)c1F. The summed E-state index contributed by atoms with van der Waals surface area (Å²) in [5.41, 5.74) is 1.58. The molecule has 11 heteroatoms. The van der Waals surface area contributed by atoms with Crippen LogP contribution < -0.4 is 15.4 Å². The number of aromatic nitrogens is 1. The highest BCUT2D eigenvalue weighted by Gasteiger charge is 2.34. The van der Waals surface area contributed by atoms with Crippen LogP contribution in [0.15, 0.2) is 40.2 Å². The van der Waals surface area contributed by atoms with Crippen LogP contribution in [0, 0.1) is 12.7 Å². The predicted octanol–water partition coefficient (Wildman–Crippen LogP) is 4.91. The molecule has 35 heavy (non-hydrogen) atoms. The van der Waals surface area contributed by atoms with Crippen LogP contribution >= 0.6 is 27.3 Å². The second-order valence-electron chi connectivity index (χ2n) is 8.26. The van der Waals surface area contributed by atoms with Gasteiger partial charge in [-0.15, -0.1) is 11.3 Å². The van der Waals surface area contributed by atoms with E-state index < -0.39 is 11.7 Å². The van der Waals surface area contributed by atoms with Crippen molar-refractivity contribution in [3.05, 3.63) is 67.8 Å². The number of amides is 3. The standard InChI is InChI=1S/C24H20BrFN4O4S/c1-12-15(25)6-5-14(21(12)26)24(33)30-8-2-3-18(30)23-29-17(11-35-23)22(32)27-13-4-7-19-16(9-13)28-20(31)10-34-19/h4-7,9,11,18H,2-3,8,10H2,1H3,(H,27,32)(H,28,31). The fourth-order valence-corrected chi connectivity index (χ4v) is 5.40. The largest absolute Gasteiger partial charge is 0.482 e. The lowest BCUT2D eigenvalue weighted by Gasteiger charge is -2.23. The van der Waals surface area contributed by atoms with Gasteiger partial charge in [-0.3, -0.25) is 14.4 Å². The van der Waals surface area contributed by atoms with Crippen LogP contribution in [0.5, 0.6) is 5.75 Å². The smallest absolute Gasteiger partial charge is 0.275 e. The molecule has 0 spiro atoms. The summed E-state index contributed by atoms with van der Waals surface area (Å²) < 4.78 is 20.7. The number of carbonyl (C=O) groups excluding carboxylic acids is 3. The molecule has 3 aromatic rings. The van der Waals surface area contributed by atoms with Crippen LogP contribution in [-0.4, -0.2) is 40.8 Å². The predicted molar refractivity (Wildman–Crippen MR) is 132 cm³/mol. The number of nitrogens with zero attached hydrogens (tertiary/aromatic N) is 2. The Morgan fingerprint density at radius 3 is 2.97 bits per heavy atom. The maximum absolute atomic E-state index is 14.8. The highest BCUT2D eigenvalue weighted by atomic mass is 79.9. The first-order chi connectivity index (χ1) is 16.8. The number of halogens is 2. The van der Waals surface area contributed by atoms with E-state index in [1.54, 1.807) is 41.5 Å². The number of hydrogen-bond acceptors (Lipinski definition) is 6. The Bertz CT molecular complexity index is 1360. The number of thiazole rings is 1. The Morgan fingerprint density at radius 1 is 1.31 bits per heavy atom. The number of anilines is 2.